The van der Waals surface area contributed by atoms with E-state index in [2.05, 4.69) is 5.32 Å². The van der Waals surface area contributed by atoms with Crippen LogP contribution in [0.5, 0.6) is 11.5 Å². The SMILES string of the molecule is COc1ccc(-c2csc(-c3ccc(NC(=O)c4cccs4)cc3)n2)c(OC)c1. The predicted molar refractivity (Wildman–Crippen MR) is 118 cm³/mol. The fraction of sp³-hybridized carbons (Fsp3) is 0.0909. The summed E-state index contributed by atoms with van der Waals surface area (Å²) in [6, 6.07) is 17.0. The second kappa shape index (κ2) is 8.46. The number of ether oxygens (including phenoxy) is 2. The summed E-state index contributed by atoms with van der Waals surface area (Å²) < 4.78 is 10.7. The molecule has 0 saturated heterocycles. The van der Waals surface area contributed by atoms with E-state index < -0.39 is 0 Å². The molecule has 7 heteroatoms. The van der Waals surface area contributed by atoms with Crippen LogP contribution in [-0.2, 0) is 0 Å². The Bertz CT molecular complexity index is 1120. The molecule has 0 spiro atoms. The van der Waals surface area contributed by atoms with Gasteiger partial charge in [-0.2, -0.15) is 0 Å². The van der Waals surface area contributed by atoms with Gasteiger partial charge in [-0.3, -0.25) is 4.79 Å². The van der Waals surface area contributed by atoms with Crippen molar-refractivity contribution in [2.24, 2.45) is 0 Å². The number of nitrogens with zero attached hydrogens (tertiary/aromatic N) is 1. The first-order valence-electron chi connectivity index (χ1n) is 8.81. The number of hydrogen-bond donors (Lipinski definition) is 1. The topological polar surface area (TPSA) is 60.5 Å². The van der Waals surface area contributed by atoms with Crippen LogP contribution in [0.25, 0.3) is 21.8 Å². The van der Waals surface area contributed by atoms with Gasteiger partial charge < -0.3 is 14.8 Å². The number of nitrogens with one attached hydrogen (secondary N) is 1. The average molecular weight is 423 g/mol. The Kier molecular flexibility index (Phi) is 5.59. The third-order valence-electron chi connectivity index (χ3n) is 4.32. The third kappa shape index (κ3) is 4.16. The number of rotatable bonds is 6. The first-order chi connectivity index (χ1) is 14.2. The molecule has 4 rings (SSSR count). The average Bonchev–Trinajstić information content (AvgIpc) is 3.46. The number of carbonyl (C=O) groups excluding carboxylic acids is 1. The van der Waals surface area contributed by atoms with E-state index in [0.717, 1.165) is 33.3 Å². The second-order valence-electron chi connectivity index (χ2n) is 6.11. The highest BCUT2D eigenvalue weighted by Crippen LogP contribution is 2.36. The molecule has 4 aromatic rings. The monoisotopic (exact) mass is 422 g/mol. The van der Waals surface area contributed by atoms with Crippen LogP contribution in [0.4, 0.5) is 5.69 Å². The van der Waals surface area contributed by atoms with Crippen molar-refractivity contribution in [3.63, 3.8) is 0 Å². The molecule has 0 saturated carbocycles. The van der Waals surface area contributed by atoms with Crippen LogP contribution in [0.15, 0.2) is 65.4 Å². The maximum atomic E-state index is 12.2. The minimum absolute atomic E-state index is 0.101. The summed E-state index contributed by atoms with van der Waals surface area (Å²) in [6.45, 7) is 0. The van der Waals surface area contributed by atoms with Crippen LogP contribution in [-0.4, -0.2) is 25.1 Å². The van der Waals surface area contributed by atoms with Gasteiger partial charge in [-0.25, -0.2) is 4.98 Å². The minimum Gasteiger partial charge on any atom is -0.497 e. The maximum absolute atomic E-state index is 12.2. The molecule has 2 heterocycles. The molecular weight excluding hydrogens is 404 g/mol. The van der Waals surface area contributed by atoms with Gasteiger partial charge >= 0.3 is 0 Å². The lowest BCUT2D eigenvalue weighted by Gasteiger charge is -2.08. The van der Waals surface area contributed by atoms with E-state index in [0.29, 0.717) is 10.6 Å². The van der Waals surface area contributed by atoms with Crippen molar-refractivity contribution >= 4 is 34.3 Å². The first kappa shape index (κ1) is 19.2. The molecule has 2 aromatic heterocycles. The van der Waals surface area contributed by atoms with Crippen molar-refractivity contribution in [2.75, 3.05) is 19.5 Å². The highest BCUT2D eigenvalue weighted by atomic mass is 32.1. The van der Waals surface area contributed by atoms with Gasteiger partial charge in [0.05, 0.1) is 24.8 Å². The van der Waals surface area contributed by atoms with E-state index in [1.165, 1.54) is 11.3 Å². The first-order valence-corrected chi connectivity index (χ1v) is 10.6. The summed E-state index contributed by atoms with van der Waals surface area (Å²) in [4.78, 5) is 17.6. The molecule has 2 aromatic carbocycles. The standard InChI is InChI=1S/C22H18N2O3S2/c1-26-16-9-10-17(19(12-16)27-2)18-13-29-22(24-18)14-5-7-15(8-6-14)23-21(25)20-4-3-11-28-20/h3-13H,1-2H3,(H,23,25). The van der Waals surface area contributed by atoms with Gasteiger partial charge in [0.1, 0.15) is 16.5 Å². The van der Waals surface area contributed by atoms with Crippen molar-refractivity contribution in [1.82, 2.24) is 4.98 Å². The number of amides is 1. The Balaban J connectivity index is 1.53. The Morgan fingerprint density at radius 2 is 1.83 bits per heavy atom. The van der Waals surface area contributed by atoms with Crippen molar-refractivity contribution in [3.05, 3.63) is 70.2 Å². The smallest absolute Gasteiger partial charge is 0.265 e. The van der Waals surface area contributed by atoms with Crippen molar-refractivity contribution < 1.29 is 14.3 Å². The van der Waals surface area contributed by atoms with Gasteiger partial charge in [0, 0.05) is 28.3 Å². The number of methoxy groups -OCH3 is 2. The maximum Gasteiger partial charge on any atom is 0.265 e. The summed E-state index contributed by atoms with van der Waals surface area (Å²) in [6.07, 6.45) is 0. The van der Waals surface area contributed by atoms with E-state index in [-0.39, 0.29) is 5.91 Å². The third-order valence-corrected chi connectivity index (χ3v) is 6.08. The van der Waals surface area contributed by atoms with Gasteiger partial charge in [-0.15, -0.1) is 22.7 Å². The summed E-state index contributed by atoms with van der Waals surface area (Å²) >= 11 is 2.98. The molecular formula is C22H18N2O3S2. The van der Waals surface area contributed by atoms with Crippen molar-refractivity contribution in [3.8, 4) is 33.3 Å². The number of anilines is 1. The molecule has 29 heavy (non-hydrogen) atoms. The lowest BCUT2D eigenvalue weighted by molar-refractivity contribution is 0.103. The number of thiazole rings is 1. The molecule has 0 fully saturated rings. The highest BCUT2D eigenvalue weighted by Gasteiger charge is 2.13. The molecule has 5 nitrogen and oxygen atoms in total. The molecule has 0 atom stereocenters. The number of hydrogen-bond acceptors (Lipinski definition) is 6. The fourth-order valence-corrected chi connectivity index (χ4v) is 4.28. The minimum atomic E-state index is -0.101. The molecule has 0 unspecified atom stereocenters. The molecule has 0 aliphatic carbocycles. The zero-order valence-corrected chi connectivity index (χ0v) is 17.5. The van der Waals surface area contributed by atoms with E-state index in [4.69, 9.17) is 14.5 Å². The van der Waals surface area contributed by atoms with Crippen LogP contribution in [0, 0.1) is 0 Å². The molecule has 146 valence electrons. The van der Waals surface area contributed by atoms with Gasteiger partial charge in [0.2, 0.25) is 0 Å². The van der Waals surface area contributed by atoms with E-state index in [9.17, 15) is 4.79 Å². The van der Waals surface area contributed by atoms with Crippen molar-refractivity contribution in [1.29, 1.82) is 0 Å². The van der Waals surface area contributed by atoms with Gasteiger partial charge in [-0.1, -0.05) is 6.07 Å². The van der Waals surface area contributed by atoms with Crippen LogP contribution in [0.1, 0.15) is 9.67 Å². The normalized spacial score (nSPS) is 10.6. The Labute approximate surface area is 176 Å². The van der Waals surface area contributed by atoms with Gasteiger partial charge in [0.15, 0.2) is 0 Å². The molecule has 0 aliphatic rings. The predicted octanol–water partition coefficient (Wildman–Crippen LogP) is 5.81. The highest BCUT2D eigenvalue weighted by molar-refractivity contribution is 7.13. The van der Waals surface area contributed by atoms with E-state index in [1.54, 1.807) is 31.6 Å². The largest absolute Gasteiger partial charge is 0.497 e. The van der Waals surface area contributed by atoms with Crippen LogP contribution < -0.4 is 14.8 Å². The number of benzene rings is 2. The zero-order valence-electron chi connectivity index (χ0n) is 15.8. The molecule has 1 amide bonds. The van der Waals surface area contributed by atoms with Crippen LogP contribution >= 0.6 is 22.7 Å². The van der Waals surface area contributed by atoms with Crippen LogP contribution in [0.3, 0.4) is 0 Å². The summed E-state index contributed by atoms with van der Waals surface area (Å²) in [5, 5.41) is 7.69. The number of thiophene rings is 1. The quantitative estimate of drug-likeness (QED) is 0.426. The lowest BCUT2D eigenvalue weighted by Crippen LogP contribution is -2.09. The molecule has 0 aliphatic heterocycles. The fourth-order valence-electron chi connectivity index (χ4n) is 2.84. The van der Waals surface area contributed by atoms with Gasteiger partial charge in [0.25, 0.3) is 5.91 Å². The van der Waals surface area contributed by atoms with Crippen molar-refractivity contribution in [2.45, 2.75) is 0 Å². The van der Waals surface area contributed by atoms with Gasteiger partial charge in [-0.05, 0) is 47.8 Å². The van der Waals surface area contributed by atoms with E-state index >= 15 is 0 Å². The molecule has 0 radical (unpaired) electrons. The summed E-state index contributed by atoms with van der Waals surface area (Å²) in [5.74, 6) is 1.35. The second-order valence-corrected chi connectivity index (χ2v) is 7.92. The molecule has 1 N–H and O–H groups in total. The Morgan fingerprint density at radius 1 is 1.00 bits per heavy atom. The number of aromatic nitrogens is 1. The summed E-state index contributed by atoms with van der Waals surface area (Å²) in [5.41, 5.74) is 3.50. The number of carbonyl (C=O) groups is 1. The summed E-state index contributed by atoms with van der Waals surface area (Å²) in [7, 11) is 3.26. The van der Waals surface area contributed by atoms with E-state index in [1.807, 2.05) is 59.3 Å². The van der Waals surface area contributed by atoms with Crippen LogP contribution in [0.2, 0.25) is 0 Å². The Morgan fingerprint density at radius 3 is 2.52 bits per heavy atom. The molecule has 0 bridgehead atoms. The lowest BCUT2D eigenvalue weighted by atomic mass is 10.1. The Hall–Kier alpha value is -3.16. The zero-order chi connectivity index (χ0) is 20.2.